The van der Waals surface area contributed by atoms with Crippen LogP contribution in [0.25, 0.3) is 0 Å². The van der Waals surface area contributed by atoms with E-state index in [4.69, 9.17) is 4.55 Å². The molecule has 0 aromatic carbocycles. The topological polar surface area (TPSA) is 116 Å². The molecular weight excluding hydrogens is 449 g/mol. The fourth-order valence-corrected chi connectivity index (χ4v) is 2.12. The molecule has 0 amide bonds. The largest absolute Gasteiger partial charge is 0.468 e. The lowest BCUT2D eigenvalue weighted by Gasteiger charge is -2.32. The molecule has 1 atom stereocenters. The molecule has 0 radical (unpaired) electrons. The normalized spacial score (nSPS) is 15.3. The monoisotopic (exact) mass is 464 g/mol. The molecule has 0 aromatic rings. The highest BCUT2D eigenvalue weighted by Gasteiger charge is 2.68. The summed E-state index contributed by atoms with van der Waals surface area (Å²) in [6.07, 6.45) is -9.06. The van der Waals surface area contributed by atoms with Crippen molar-refractivity contribution in [2.45, 2.75) is 42.9 Å². The molecule has 1 N–H and O–H groups in total. The first-order chi connectivity index (χ1) is 12.9. The molecule has 0 bridgehead atoms. The second-order valence-electron chi connectivity index (χ2n) is 5.11. The van der Waals surface area contributed by atoms with Gasteiger partial charge in [0.05, 0.1) is 13.2 Å². The fourth-order valence-electron chi connectivity index (χ4n) is 1.64. The van der Waals surface area contributed by atoms with Crippen LogP contribution in [-0.2, 0) is 33.9 Å². The predicted molar refractivity (Wildman–Crippen MR) is 78.3 cm³/mol. The van der Waals surface area contributed by atoms with Crippen LogP contribution in [0.5, 0.6) is 0 Å². The fraction of sp³-hybridized carbons (Fsp3) is 0.692. The SMILES string of the molecule is C=CC(=O)OC(OCCCC(F)(F)C(F)(F)S(=O)(=O)O)(C(=O)OCC)C(F)(F)F. The number of hydrogen-bond donors (Lipinski definition) is 1. The highest BCUT2D eigenvalue weighted by atomic mass is 32.2. The second kappa shape index (κ2) is 9.25. The minimum absolute atomic E-state index is 0.212. The van der Waals surface area contributed by atoms with Gasteiger partial charge in [-0.3, -0.25) is 4.55 Å². The molecule has 0 aromatic heterocycles. The molecule has 0 saturated carbocycles. The molecule has 0 heterocycles. The van der Waals surface area contributed by atoms with Gasteiger partial charge in [-0.25, -0.2) is 9.59 Å². The van der Waals surface area contributed by atoms with E-state index in [1.54, 1.807) is 0 Å². The summed E-state index contributed by atoms with van der Waals surface area (Å²) in [5.41, 5.74) is 0. The summed E-state index contributed by atoms with van der Waals surface area (Å²) >= 11 is 0. The van der Waals surface area contributed by atoms with Crippen LogP contribution in [0.3, 0.4) is 0 Å². The quantitative estimate of drug-likeness (QED) is 0.124. The van der Waals surface area contributed by atoms with E-state index >= 15 is 0 Å². The average Bonchev–Trinajstić information content (AvgIpc) is 2.55. The molecule has 8 nitrogen and oxygen atoms in total. The summed E-state index contributed by atoms with van der Waals surface area (Å²) in [7, 11) is -6.55. The number of alkyl halides is 7. The minimum Gasteiger partial charge on any atom is -0.461 e. The predicted octanol–water partition coefficient (Wildman–Crippen LogP) is 2.45. The number of esters is 2. The van der Waals surface area contributed by atoms with Gasteiger partial charge in [-0.15, -0.1) is 0 Å². The van der Waals surface area contributed by atoms with Gasteiger partial charge >= 0.3 is 45.2 Å². The molecular formula is C13H15F7O8S. The Morgan fingerprint density at radius 2 is 1.62 bits per heavy atom. The summed E-state index contributed by atoms with van der Waals surface area (Å²) in [5.74, 6) is -13.9. The van der Waals surface area contributed by atoms with Crippen molar-refractivity contribution in [3.05, 3.63) is 12.7 Å². The van der Waals surface area contributed by atoms with Crippen molar-refractivity contribution < 1.29 is 67.5 Å². The van der Waals surface area contributed by atoms with E-state index < -0.39 is 71.3 Å². The van der Waals surface area contributed by atoms with Gasteiger partial charge in [0.2, 0.25) is 0 Å². The molecule has 29 heavy (non-hydrogen) atoms. The summed E-state index contributed by atoms with van der Waals surface area (Å²) < 4.78 is 134. The van der Waals surface area contributed by atoms with Crippen molar-refractivity contribution >= 4 is 22.1 Å². The van der Waals surface area contributed by atoms with Crippen LogP contribution in [0.2, 0.25) is 0 Å². The second-order valence-corrected chi connectivity index (χ2v) is 6.57. The van der Waals surface area contributed by atoms with E-state index in [1.165, 1.54) is 0 Å². The first kappa shape index (κ1) is 27.1. The molecule has 0 aliphatic heterocycles. The third kappa shape index (κ3) is 6.02. The summed E-state index contributed by atoms with van der Waals surface area (Å²) in [6, 6.07) is 0. The lowest BCUT2D eigenvalue weighted by Crippen LogP contribution is -2.58. The van der Waals surface area contributed by atoms with Crippen LogP contribution in [0.1, 0.15) is 19.8 Å². The number of carbonyl (C=O) groups excluding carboxylic acids is 2. The average molecular weight is 464 g/mol. The van der Waals surface area contributed by atoms with Crippen LogP contribution in [-0.4, -0.2) is 61.3 Å². The van der Waals surface area contributed by atoms with Crippen LogP contribution >= 0.6 is 0 Å². The van der Waals surface area contributed by atoms with Crippen molar-refractivity contribution in [3.63, 3.8) is 0 Å². The van der Waals surface area contributed by atoms with Gasteiger partial charge < -0.3 is 14.2 Å². The van der Waals surface area contributed by atoms with E-state index in [0.717, 1.165) is 6.92 Å². The first-order valence-corrected chi connectivity index (χ1v) is 8.79. The third-order valence-electron chi connectivity index (χ3n) is 3.02. The van der Waals surface area contributed by atoms with E-state index in [0.29, 0.717) is 0 Å². The maximum Gasteiger partial charge on any atom is 0.468 e. The van der Waals surface area contributed by atoms with Gasteiger partial charge in [0.1, 0.15) is 0 Å². The van der Waals surface area contributed by atoms with Crippen molar-refractivity contribution in [1.29, 1.82) is 0 Å². The molecule has 170 valence electrons. The number of halogens is 7. The molecule has 0 fully saturated rings. The Bertz CT molecular complexity index is 719. The maximum atomic E-state index is 13.3. The van der Waals surface area contributed by atoms with Crippen molar-refractivity contribution in [2.24, 2.45) is 0 Å². The Morgan fingerprint density at radius 3 is 2.00 bits per heavy atom. The molecule has 1 unspecified atom stereocenters. The molecule has 16 heteroatoms. The highest BCUT2D eigenvalue weighted by molar-refractivity contribution is 7.87. The summed E-state index contributed by atoms with van der Waals surface area (Å²) in [5, 5.41) is -5.95. The van der Waals surface area contributed by atoms with E-state index in [1.807, 2.05) is 0 Å². The van der Waals surface area contributed by atoms with Gasteiger partial charge in [0, 0.05) is 12.5 Å². The van der Waals surface area contributed by atoms with Gasteiger partial charge in [-0.1, -0.05) is 6.58 Å². The number of ether oxygens (including phenoxy) is 3. The molecule has 0 aliphatic rings. The smallest absolute Gasteiger partial charge is 0.461 e. The van der Waals surface area contributed by atoms with Crippen molar-refractivity contribution in [3.8, 4) is 0 Å². The molecule has 0 spiro atoms. The lowest BCUT2D eigenvalue weighted by atomic mass is 10.2. The van der Waals surface area contributed by atoms with Gasteiger partial charge in [0.25, 0.3) is 0 Å². The highest BCUT2D eigenvalue weighted by Crippen LogP contribution is 2.42. The van der Waals surface area contributed by atoms with Gasteiger partial charge in [-0.05, 0) is 13.3 Å². The maximum absolute atomic E-state index is 13.3. The van der Waals surface area contributed by atoms with Crippen molar-refractivity contribution in [1.82, 2.24) is 0 Å². The van der Waals surface area contributed by atoms with Crippen molar-refractivity contribution in [2.75, 3.05) is 13.2 Å². The van der Waals surface area contributed by atoms with Gasteiger partial charge in [-0.2, -0.15) is 39.2 Å². The third-order valence-corrected chi connectivity index (χ3v) is 3.97. The zero-order chi connectivity index (χ0) is 23.3. The summed E-state index contributed by atoms with van der Waals surface area (Å²) in [6.45, 7) is 1.68. The van der Waals surface area contributed by atoms with E-state index in [-0.39, 0.29) is 6.08 Å². The summed E-state index contributed by atoms with van der Waals surface area (Å²) in [4.78, 5) is 22.9. The molecule has 0 rings (SSSR count). The Hall–Kier alpha value is -1.94. The lowest BCUT2D eigenvalue weighted by molar-refractivity contribution is -0.354. The number of rotatable bonds is 11. The molecule has 0 saturated heterocycles. The van der Waals surface area contributed by atoms with Gasteiger partial charge in [0.15, 0.2) is 0 Å². The standard InChI is InChI=1S/C13H15F7O8S/c1-3-8(21)28-11(12(16,17)18,9(22)26-4-2)27-7-5-6-10(14,15)13(19,20)29(23,24)25/h3H,1,4-7H2,2H3,(H,23,24,25). The zero-order valence-electron chi connectivity index (χ0n) is 14.5. The number of hydrogen-bond acceptors (Lipinski definition) is 7. The van der Waals surface area contributed by atoms with E-state index in [9.17, 15) is 48.7 Å². The zero-order valence-corrected chi connectivity index (χ0v) is 15.3. The first-order valence-electron chi connectivity index (χ1n) is 7.35. The minimum atomic E-state index is -6.55. The van der Waals surface area contributed by atoms with Crippen LogP contribution in [0.15, 0.2) is 12.7 Å². The molecule has 0 aliphatic carbocycles. The Labute approximate surface area is 159 Å². The Kier molecular flexibility index (Phi) is 8.63. The van der Waals surface area contributed by atoms with Crippen LogP contribution in [0.4, 0.5) is 30.7 Å². The van der Waals surface area contributed by atoms with Crippen LogP contribution < -0.4 is 0 Å². The van der Waals surface area contributed by atoms with Crippen LogP contribution in [0, 0.1) is 0 Å². The Morgan fingerprint density at radius 1 is 1.10 bits per heavy atom. The van der Waals surface area contributed by atoms with E-state index in [2.05, 4.69) is 20.8 Å². The Balaban J connectivity index is 5.57. The number of carbonyl (C=O) groups is 2.